The summed E-state index contributed by atoms with van der Waals surface area (Å²) in [5, 5.41) is 0. The van der Waals surface area contributed by atoms with Crippen molar-refractivity contribution in [1.29, 1.82) is 0 Å². The van der Waals surface area contributed by atoms with Gasteiger partial charge in [0.25, 0.3) is 5.56 Å². The van der Waals surface area contributed by atoms with Crippen LogP contribution in [0.5, 0.6) is 5.75 Å². The third-order valence-corrected chi connectivity index (χ3v) is 8.24. The molecule has 0 unspecified atom stereocenters. The maximum Gasteiger partial charge on any atom is 0.275 e. The molecular formula is C24H33N5O4S. The Hall–Kier alpha value is -2.69. The Morgan fingerprint density at radius 2 is 1.85 bits per heavy atom. The molecule has 3 heterocycles. The van der Waals surface area contributed by atoms with Gasteiger partial charge in [0, 0.05) is 39.4 Å². The number of nitrogens with one attached hydrogen (secondary N) is 1. The summed E-state index contributed by atoms with van der Waals surface area (Å²) in [5.41, 5.74) is 2.32. The third-order valence-electron chi connectivity index (χ3n) is 6.34. The topological polar surface area (TPSA) is 101 Å². The molecule has 1 aliphatic heterocycles. The van der Waals surface area contributed by atoms with Crippen LogP contribution < -0.4 is 10.3 Å². The molecule has 0 aliphatic carbocycles. The zero-order valence-electron chi connectivity index (χ0n) is 20.3. The molecule has 0 amide bonds. The van der Waals surface area contributed by atoms with Crippen molar-refractivity contribution in [2.75, 3.05) is 39.3 Å². The smallest absolute Gasteiger partial charge is 0.275 e. The summed E-state index contributed by atoms with van der Waals surface area (Å²) in [5.74, 6) is 0.782. The van der Waals surface area contributed by atoms with Crippen molar-refractivity contribution >= 4 is 21.1 Å². The van der Waals surface area contributed by atoms with Gasteiger partial charge in [-0.3, -0.25) is 4.79 Å². The van der Waals surface area contributed by atoms with E-state index in [0.717, 1.165) is 24.9 Å². The molecule has 1 N–H and O–H groups in total. The maximum absolute atomic E-state index is 13.4. The van der Waals surface area contributed by atoms with Crippen LogP contribution in [-0.4, -0.2) is 71.5 Å². The zero-order chi connectivity index (χ0) is 24.5. The van der Waals surface area contributed by atoms with Gasteiger partial charge in [-0.25, -0.2) is 13.4 Å². The average Bonchev–Trinajstić information content (AvgIpc) is 3.15. The van der Waals surface area contributed by atoms with E-state index in [1.54, 1.807) is 22.8 Å². The van der Waals surface area contributed by atoms with Crippen LogP contribution >= 0.6 is 0 Å². The van der Waals surface area contributed by atoms with Gasteiger partial charge in [-0.15, -0.1) is 0 Å². The van der Waals surface area contributed by atoms with Crippen molar-refractivity contribution in [3.05, 3.63) is 40.3 Å². The molecule has 1 aliphatic rings. The second kappa shape index (κ2) is 9.89. The molecule has 4 rings (SSSR count). The number of sulfonamides is 1. The summed E-state index contributed by atoms with van der Waals surface area (Å²) in [7, 11) is -1.87. The van der Waals surface area contributed by atoms with Gasteiger partial charge in [-0.2, -0.15) is 4.31 Å². The number of aromatic nitrogens is 3. The van der Waals surface area contributed by atoms with Gasteiger partial charge in [0.15, 0.2) is 0 Å². The van der Waals surface area contributed by atoms with E-state index >= 15 is 0 Å². The van der Waals surface area contributed by atoms with Crippen LogP contribution in [0.1, 0.15) is 32.8 Å². The van der Waals surface area contributed by atoms with Gasteiger partial charge in [0.1, 0.15) is 17.1 Å². The fourth-order valence-corrected chi connectivity index (χ4v) is 5.98. The van der Waals surface area contributed by atoms with Crippen molar-refractivity contribution < 1.29 is 13.2 Å². The minimum atomic E-state index is -3.69. The number of rotatable bonds is 8. The van der Waals surface area contributed by atoms with E-state index in [-0.39, 0.29) is 10.5 Å². The lowest BCUT2D eigenvalue weighted by molar-refractivity contribution is 0.196. The summed E-state index contributed by atoms with van der Waals surface area (Å²) in [4.78, 5) is 23.0. The monoisotopic (exact) mass is 487 g/mol. The molecule has 3 aromatic rings. The molecule has 34 heavy (non-hydrogen) atoms. The molecule has 0 bridgehead atoms. The number of nitrogens with zero attached hydrogens (tertiary/aromatic N) is 4. The highest BCUT2D eigenvalue weighted by atomic mass is 32.2. The number of ether oxygens (including phenoxy) is 1. The van der Waals surface area contributed by atoms with Gasteiger partial charge in [-0.1, -0.05) is 20.3 Å². The van der Waals surface area contributed by atoms with Crippen LogP contribution in [0.3, 0.4) is 0 Å². The lowest BCUT2D eigenvalue weighted by atomic mass is 10.1. The molecule has 1 saturated heterocycles. The predicted octanol–water partition coefficient (Wildman–Crippen LogP) is 2.61. The van der Waals surface area contributed by atoms with Gasteiger partial charge in [0.05, 0.1) is 22.6 Å². The summed E-state index contributed by atoms with van der Waals surface area (Å²) in [6, 6.07) is 4.78. The SMILES string of the molecule is CCCc1cn(C)c2c(=O)[nH]c(-c3cc(S(=O)(=O)N4CCN(CC)CC4)ccc3OCC)nc12. The van der Waals surface area contributed by atoms with Crippen LogP contribution in [0.2, 0.25) is 0 Å². The summed E-state index contributed by atoms with van der Waals surface area (Å²) < 4.78 is 36.0. The fraction of sp³-hybridized carbons (Fsp3) is 0.500. The van der Waals surface area contributed by atoms with Crippen LogP contribution in [0.25, 0.3) is 22.4 Å². The van der Waals surface area contributed by atoms with E-state index in [1.165, 1.54) is 4.31 Å². The molecule has 1 fully saturated rings. The summed E-state index contributed by atoms with van der Waals surface area (Å²) >= 11 is 0. The maximum atomic E-state index is 13.4. The van der Waals surface area contributed by atoms with Crippen LogP contribution in [0.15, 0.2) is 34.1 Å². The number of piperazine rings is 1. The standard InChI is InChI=1S/C24H33N5O4S/c1-5-8-17-16-27(4)22-21(17)25-23(26-24(22)30)19-15-18(9-10-20(19)33-7-3)34(31,32)29-13-11-28(6-2)12-14-29/h9-10,15-16H,5-8,11-14H2,1-4H3,(H,25,26,30). The molecule has 0 atom stereocenters. The molecule has 10 heteroatoms. The molecule has 0 saturated carbocycles. The van der Waals surface area contributed by atoms with E-state index in [1.807, 2.05) is 20.2 Å². The van der Waals surface area contributed by atoms with E-state index in [0.29, 0.717) is 61.0 Å². The Bertz CT molecular complexity index is 1340. The lowest BCUT2D eigenvalue weighted by Gasteiger charge is -2.33. The zero-order valence-corrected chi connectivity index (χ0v) is 21.1. The Morgan fingerprint density at radius 3 is 2.50 bits per heavy atom. The number of fused-ring (bicyclic) bond motifs is 1. The van der Waals surface area contributed by atoms with Crippen molar-refractivity contribution in [2.24, 2.45) is 7.05 Å². The Kier molecular flexibility index (Phi) is 7.11. The molecule has 184 valence electrons. The molecule has 0 spiro atoms. The van der Waals surface area contributed by atoms with E-state index in [2.05, 4.69) is 23.7 Å². The highest BCUT2D eigenvalue weighted by Gasteiger charge is 2.29. The molecule has 9 nitrogen and oxygen atoms in total. The van der Waals surface area contributed by atoms with Crippen LogP contribution in [-0.2, 0) is 23.5 Å². The number of H-pyrrole nitrogens is 1. The van der Waals surface area contributed by atoms with Crippen molar-refractivity contribution in [2.45, 2.75) is 38.5 Å². The number of aryl methyl sites for hydroxylation is 2. The highest BCUT2D eigenvalue weighted by molar-refractivity contribution is 7.89. The quantitative estimate of drug-likeness (QED) is 0.524. The normalized spacial score (nSPS) is 15.8. The molecule has 2 aromatic heterocycles. The minimum absolute atomic E-state index is 0.167. The lowest BCUT2D eigenvalue weighted by Crippen LogP contribution is -2.48. The number of aromatic amines is 1. The average molecular weight is 488 g/mol. The molecule has 0 radical (unpaired) electrons. The minimum Gasteiger partial charge on any atom is -0.493 e. The van der Waals surface area contributed by atoms with Gasteiger partial charge in [-0.05, 0) is 43.7 Å². The van der Waals surface area contributed by atoms with Gasteiger partial charge < -0.3 is 19.2 Å². The summed E-state index contributed by atoms with van der Waals surface area (Å²) in [6.45, 7) is 9.63. The molecule has 1 aromatic carbocycles. The summed E-state index contributed by atoms with van der Waals surface area (Å²) in [6.07, 6.45) is 3.65. The van der Waals surface area contributed by atoms with E-state index < -0.39 is 10.0 Å². The second-order valence-electron chi connectivity index (χ2n) is 8.56. The number of hydrogen-bond acceptors (Lipinski definition) is 6. The van der Waals surface area contributed by atoms with Crippen LogP contribution in [0.4, 0.5) is 0 Å². The van der Waals surface area contributed by atoms with E-state index in [4.69, 9.17) is 9.72 Å². The van der Waals surface area contributed by atoms with Gasteiger partial charge >= 0.3 is 0 Å². The Labute approximate surface area is 200 Å². The first-order chi connectivity index (χ1) is 16.3. The van der Waals surface area contributed by atoms with Crippen molar-refractivity contribution in [3.8, 4) is 17.1 Å². The Balaban J connectivity index is 1.82. The fourth-order valence-electron chi connectivity index (χ4n) is 4.53. The molecular weight excluding hydrogens is 454 g/mol. The second-order valence-corrected chi connectivity index (χ2v) is 10.5. The third kappa shape index (κ3) is 4.49. The largest absolute Gasteiger partial charge is 0.493 e. The number of hydrogen-bond donors (Lipinski definition) is 1. The van der Waals surface area contributed by atoms with E-state index in [9.17, 15) is 13.2 Å². The number of likely N-dealkylation sites (N-methyl/N-ethyl adjacent to an activating group) is 1. The first-order valence-electron chi connectivity index (χ1n) is 11.9. The highest BCUT2D eigenvalue weighted by Crippen LogP contribution is 2.32. The van der Waals surface area contributed by atoms with Gasteiger partial charge in [0.2, 0.25) is 10.0 Å². The van der Waals surface area contributed by atoms with Crippen molar-refractivity contribution in [1.82, 2.24) is 23.7 Å². The Morgan fingerprint density at radius 1 is 1.12 bits per heavy atom. The van der Waals surface area contributed by atoms with Crippen LogP contribution in [0, 0.1) is 0 Å². The van der Waals surface area contributed by atoms with Crippen molar-refractivity contribution in [3.63, 3.8) is 0 Å². The number of benzene rings is 1. The predicted molar refractivity (Wildman–Crippen MR) is 133 cm³/mol. The first-order valence-corrected chi connectivity index (χ1v) is 13.3. The first kappa shape index (κ1) is 24.4.